The Balaban J connectivity index is 1.60. The number of amides is 1. The van der Waals surface area contributed by atoms with Gasteiger partial charge >= 0.3 is 0 Å². The molecular formula is C16H21NO3. The Hall–Kier alpha value is -1.39. The highest BCUT2D eigenvalue weighted by molar-refractivity contribution is 5.83. The van der Waals surface area contributed by atoms with Gasteiger partial charge in [0.05, 0.1) is 5.92 Å². The van der Waals surface area contributed by atoms with E-state index in [2.05, 4.69) is 17.6 Å². The minimum absolute atomic E-state index is 0.0497. The van der Waals surface area contributed by atoms with Crippen molar-refractivity contribution in [2.75, 3.05) is 6.61 Å². The lowest BCUT2D eigenvalue weighted by atomic mass is 9.82. The van der Waals surface area contributed by atoms with Gasteiger partial charge in [-0.25, -0.2) is 10.3 Å². The first kappa shape index (κ1) is 13.6. The molecule has 1 aromatic rings. The van der Waals surface area contributed by atoms with Gasteiger partial charge in [0, 0.05) is 13.0 Å². The molecule has 2 atom stereocenters. The van der Waals surface area contributed by atoms with E-state index in [1.807, 2.05) is 12.1 Å². The Morgan fingerprint density at radius 3 is 2.95 bits per heavy atom. The van der Waals surface area contributed by atoms with Gasteiger partial charge in [0.1, 0.15) is 0 Å². The molecule has 3 rings (SSSR count). The largest absolute Gasteiger partial charge is 0.350 e. The number of carbonyl (C=O) groups excluding carboxylic acids is 1. The number of fused-ring (bicyclic) bond motifs is 1. The lowest BCUT2D eigenvalue weighted by Gasteiger charge is -2.26. The van der Waals surface area contributed by atoms with Crippen LogP contribution in [0.2, 0.25) is 0 Å². The molecule has 1 saturated heterocycles. The lowest BCUT2D eigenvalue weighted by molar-refractivity contribution is -0.201. The molecule has 2 unspecified atom stereocenters. The molecule has 1 heterocycles. The highest BCUT2D eigenvalue weighted by atomic mass is 16.8. The third-order valence-electron chi connectivity index (χ3n) is 4.11. The maximum Gasteiger partial charge on any atom is 0.251 e. The number of rotatable bonds is 3. The van der Waals surface area contributed by atoms with Crippen LogP contribution in [0.15, 0.2) is 24.3 Å². The number of carbonyl (C=O) groups is 1. The van der Waals surface area contributed by atoms with Gasteiger partial charge in [0.15, 0.2) is 6.29 Å². The standard InChI is InChI=1S/C16H21NO3/c18-16(17-20-15-10-3-4-11-19-15)14-9-5-7-12-6-1-2-8-13(12)14/h1-2,6,8,14-15H,3-5,7,9-11H2,(H,17,18). The van der Waals surface area contributed by atoms with Gasteiger partial charge in [-0.1, -0.05) is 24.3 Å². The lowest BCUT2D eigenvalue weighted by Crippen LogP contribution is -2.36. The number of nitrogens with one attached hydrogen (secondary N) is 1. The molecule has 4 heteroatoms. The van der Waals surface area contributed by atoms with E-state index in [1.54, 1.807) is 0 Å². The van der Waals surface area contributed by atoms with Gasteiger partial charge in [-0.2, -0.15) is 0 Å². The van der Waals surface area contributed by atoms with Crippen LogP contribution in [0.3, 0.4) is 0 Å². The number of hydrogen-bond acceptors (Lipinski definition) is 3. The molecular weight excluding hydrogens is 254 g/mol. The van der Waals surface area contributed by atoms with E-state index >= 15 is 0 Å². The highest BCUT2D eigenvalue weighted by Gasteiger charge is 2.27. The molecule has 1 N–H and O–H groups in total. The molecule has 108 valence electrons. The van der Waals surface area contributed by atoms with Crippen LogP contribution in [0.4, 0.5) is 0 Å². The maximum atomic E-state index is 12.3. The van der Waals surface area contributed by atoms with E-state index in [-0.39, 0.29) is 18.1 Å². The third-order valence-corrected chi connectivity index (χ3v) is 4.11. The molecule has 0 spiro atoms. The first-order valence-electron chi connectivity index (χ1n) is 7.49. The van der Waals surface area contributed by atoms with Crippen LogP contribution in [-0.2, 0) is 20.8 Å². The van der Waals surface area contributed by atoms with Crippen molar-refractivity contribution >= 4 is 5.91 Å². The fourth-order valence-corrected chi connectivity index (χ4v) is 3.03. The Labute approximate surface area is 119 Å². The zero-order valence-electron chi connectivity index (χ0n) is 11.6. The van der Waals surface area contributed by atoms with Crippen molar-refractivity contribution in [1.29, 1.82) is 0 Å². The highest BCUT2D eigenvalue weighted by Crippen LogP contribution is 2.31. The molecule has 0 saturated carbocycles. The van der Waals surface area contributed by atoms with Crippen molar-refractivity contribution in [3.63, 3.8) is 0 Å². The first-order valence-corrected chi connectivity index (χ1v) is 7.49. The van der Waals surface area contributed by atoms with E-state index in [9.17, 15) is 4.79 Å². The summed E-state index contributed by atoms with van der Waals surface area (Å²) in [5.74, 6) is -0.144. The summed E-state index contributed by atoms with van der Waals surface area (Å²) in [7, 11) is 0. The summed E-state index contributed by atoms with van der Waals surface area (Å²) >= 11 is 0. The second-order valence-electron chi connectivity index (χ2n) is 5.52. The molecule has 2 aliphatic rings. The number of hydrogen-bond donors (Lipinski definition) is 1. The second-order valence-corrected chi connectivity index (χ2v) is 5.52. The first-order chi connectivity index (χ1) is 9.84. The van der Waals surface area contributed by atoms with Crippen LogP contribution < -0.4 is 5.48 Å². The third kappa shape index (κ3) is 3.02. The van der Waals surface area contributed by atoms with Crippen LogP contribution in [0.1, 0.15) is 49.1 Å². The van der Waals surface area contributed by atoms with Crippen LogP contribution in [0, 0.1) is 0 Å². The van der Waals surface area contributed by atoms with Crippen molar-refractivity contribution in [2.45, 2.75) is 50.7 Å². The molecule has 1 aliphatic carbocycles. The Bertz CT molecular complexity index is 469. The number of hydroxylamine groups is 1. The van der Waals surface area contributed by atoms with Crippen LogP contribution in [0.25, 0.3) is 0 Å². The predicted octanol–water partition coefficient (Wildman–Crippen LogP) is 2.68. The number of ether oxygens (including phenoxy) is 1. The van der Waals surface area contributed by atoms with Gasteiger partial charge in [-0.3, -0.25) is 4.79 Å². The number of benzene rings is 1. The molecule has 0 aromatic heterocycles. The summed E-state index contributed by atoms with van der Waals surface area (Å²) in [6.45, 7) is 0.715. The molecule has 0 radical (unpaired) electrons. The van der Waals surface area contributed by atoms with Crippen molar-refractivity contribution in [2.24, 2.45) is 0 Å². The zero-order chi connectivity index (χ0) is 13.8. The quantitative estimate of drug-likeness (QED) is 0.863. The molecule has 20 heavy (non-hydrogen) atoms. The summed E-state index contributed by atoms with van der Waals surface area (Å²) in [6.07, 6.45) is 5.73. The predicted molar refractivity (Wildman–Crippen MR) is 74.9 cm³/mol. The molecule has 0 bridgehead atoms. The van der Waals surface area contributed by atoms with E-state index in [1.165, 1.54) is 5.56 Å². The second kappa shape index (κ2) is 6.37. The van der Waals surface area contributed by atoms with Gasteiger partial charge in [-0.15, -0.1) is 0 Å². The topological polar surface area (TPSA) is 47.6 Å². The average Bonchev–Trinajstić information content (AvgIpc) is 2.53. The minimum atomic E-state index is -0.286. The normalized spacial score (nSPS) is 25.8. The fraction of sp³-hybridized carbons (Fsp3) is 0.562. The molecule has 1 aromatic carbocycles. The van der Waals surface area contributed by atoms with Crippen LogP contribution in [0.5, 0.6) is 0 Å². The zero-order valence-corrected chi connectivity index (χ0v) is 11.6. The fourth-order valence-electron chi connectivity index (χ4n) is 3.03. The summed E-state index contributed by atoms with van der Waals surface area (Å²) in [5.41, 5.74) is 5.03. The van der Waals surface area contributed by atoms with E-state index in [0.717, 1.165) is 44.1 Å². The monoisotopic (exact) mass is 275 g/mol. The van der Waals surface area contributed by atoms with E-state index in [4.69, 9.17) is 9.57 Å². The molecule has 1 aliphatic heterocycles. The Morgan fingerprint density at radius 2 is 2.10 bits per heavy atom. The molecule has 1 amide bonds. The van der Waals surface area contributed by atoms with Gasteiger partial charge in [0.2, 0.25) is 0 Å². The summed E-state index contributed by atoms with van der Waals surface area (Å²) in [5, 5.41) is 0. The van der Waals surface area contributed by atoms with Gasteiger partial charge < -0.3 is 4.74 Å². The van der Waals surface area contributed by atoms with E-state index < -0.39 is 0 Å². The molecule has 4 nitrogen and oxygen atoms in total. The average molecular weight is 275 g/mol. The van der Waals surface area contributed by atoms with Gasteiger partial charge in [0.25, 0.3) is 5.91 Å². The Morgan fingerprint density at radius 1 is 1.20 bits per heavy atom. The number of aryl methyl sites for hydroxylation is 1. The smallest absolute Gasteiger partial charge is 0.251 e. The van der Waals surface area contributed by atoms with Crippen LogP contribution in [-0.4, -0.2) is 18.8 Å². The van der Waals surface area contributed by atoms with Crippen molar-refractivity contribution in [3.8, 4) is 0 Å². The van der Waals surface area contributed by atoms with Crippen molar-refractivity contribution in [3.05, 3.63) is 35.4 Å². The summed E-state index contributed by atoms with van der Waals surface area (Å²) in [6, 6.07) is 8.19. The maximum absolute atomic E-state index is 12.3. The Kier molecular flexibility index (Phi) is 4.33. The summed E-state index contributed by atoms with van der Waals surface area (Å²) < 4.78 is 5.45. The van der Waals surface area contributed by atoms with Gasteiger partial charge in [-0.05, 0) is 43.2 Å². The minimum Gasteiger partial charge on any atom is -0.350 e. The van der Waals surface area contributed by atoms with Crippen molar-refractivity contribution in [1.82, 2.24) is 5.48 Å². The summed E-state index contributed by atoms with van der Waals surface area (Å²) in [4.78, 5) is 17.7. The SMILES string of the molecule is O=C(NOC1CCCCO1)C1CCCc2ccccc21. The van der Waals surface area contributed by atoms with Crippen molar-refractivity contribution < 1.29 is 14.4 Å². The van der Waals surface area contributed by atoms with E-state index in [0.29, 0.717) is 6.61 Å². The van der Waals surface area contributed by atoms with Crippen LogP contribution >= 0.6 is 0 Å². The molecule has 1 fully saturated rings.